The number of alkyl halides is 3. The highest BCUT2D eigenvalue weighted by molar-refractivity contribution is 14.0. The molecule has 1 heterocycles. The van der Waals surface area contributed by atoms with Crippen molar-refractivity contribution in [2.24, 2.45) is 4.99 Å². The van der Waals surface area contributed by atoms with Crippen molar-refractivity contribution in [3.8, 4) is 0 Å². The van der Waals surface area contributed by atoms with Crippen LogP contribution in [-0.4, -0.2) is 69.5 Å². The van der Waals surface area contributed by atoms with E-state index in [9.17, 15) is 13.2 Å². The lowest BCUT2D eigenvalue weighted by molar-refractivity contribution is -0.132. The van der Waals surface area contributed by atoms with Gasteiger partial charge in [-0.05, 0) is 33.9 Å². The lowest BCUT2D eigenvalue weighted by Crippen LogP contribution is -2.51. The van der Waals surface area contributed by atoms with E-state index in [1.54, 1.807) is 0 Å². The molecule has 1 fully saturated rings. The summed E-state index contributed by atoms with van der Waals surface area (Å²) < 4.78 is 42.0. The molecule has 5 nitrogen and oxygen atoms in total. The van der Waals surface area contributed by atoms with Crippen LogP contribution in [0.25, 0.3) is 0 Å². The topological polar surface area (TPSA) is 48.9 Å². The lowest BCUT2D eigenvalue weighted by atomic mass is 9.89. The minimum atomic E-state index is -4.16. The van der Waals surface area contributed by atoms with Crippen LogP contribution >= 0.6 is 24.0 Å². The van der Waals surface area contributed by atoms with Gasteiger partial charge in [-0.25, -0.2) is 0 Å². The molecular formula is C14H28F3IN4O. The zero-order chi connectivity index (χ0) is 16.6. The number of likely N-dealkylation sites (N-methyl/N-ethyl adjacent to an activating group) is 1. The molecule has 1 saturated heterocycles. The smallest absolute Gasteiger partial charge is 0.381 e. The molecule has 0 spiro atoms. The lowest BCUT2D eigenvalue weighted by Gasteiger charge is -2.41. The number of nitrogens with one attached hydrogen (secondary N) is 2. The van der Waals surface area contributed by atoms with Gasteiger partial charge in [-0.1, -0.05) is 0 Å². The van der Waals surface area contributed by atoms with Crippen LogP contribution in [0.5, 0.6) is 0 Å². The second kappa shape index (κ2) is 10.5. The van der Waals surface area contributed by atoms with Crippen LogP contribution in [0.3, 0.4) is 0 Å². The molecule has 1 aliphatic heterocycles. The van der Waals surface area contributed by atoms with E-state index in [-0.39, 0.29) is 36.1 Å². The Morgan fingerprint density at radius 2 is 1.83 bits per heavy atom. The summed E-state index contributed by atoms with van der Waals surface area (Å²) in [6.45, 7) is 4.22. The van der Waals surface area contributed by atoms with Crippen molar-refractivity contribution < 1.29 is 17.9 Å². The van der Waals surface area contributed by atoms with Crippen molar-refractivity contribution in [2.45, 2.75) is 37.9 Å². The third-order valence-corrected chi connectivity index (χ3v) is 3.95. The molecule has 1 rings (SSSR count). The molecule has 0 aliphatic carbocycles. The highest BCUT2D eigenvalue weighted by Crippen LogP contribution is 2.26. The molecule has 0 radical (unpaired) electrons. The third-order valence-electron chi connectivity index (χ3n) is 3.95. The monoisotopic (exact) mass is 452 g/mol. The first-order valence-corrected chi connectivity index (χ1v) is 7.63. The minimum absolute atomic E-state index is 0. The highest BCUT2D eigenvalue weighted by Gasteiger charge is 2.34. The SMILES string of the molecule is CCNC(=NCC1(N(C)C)CCOCC1)NCCC(F)(F)F.I. The van der Waals surface area contributed by atoms with E-state index >= 15 is 0 Å². The molecule has 23 heavy (non-hydrogen) atoms. The van der Waals surface area contributed by atoms with Crippen LogP contribution in [0.1, 0.15) is 26.2 Å². The van der Waals surface area contributed by atoms with Gasteiger partial charge in [0, 0.05) is 31.8 Å². The first-order chi connectivity index (χ1) is 10.3. The van der Waals surface area contributed by atoms with Gasteiger partial charge in [0.1, 0.15) is 0 Å². The fraction of sp³-hybridized carbons (Fsp3) is 0.929. The van der Waals surface area contributed by atoms with Gasteiger partial charge in [-0.2, -0.15) is 13.2 Å². The molecule has 2 N–H and O–H groups in total. The zero-order valence-electron chi connectivity index (χ0n) is 14.0. The maximum Gasteiger partial charge on any atom is 0.390 e. The standard InChI is InChI=1S/C14H27F3N4O.HI/c1-4-18-12(19-8-5-14(15,16)17)20-11-13(21(2)3)6-9-22-10-7-13;/h4-11H2,1-3H3,(H2,18,19,20);1H. The summed E-state index contributed by atoms with van der Waals surface area (Å²) in [6.07, 6.45) is -3.29. The molecule has 0 amide bonds. The Balaban J connectivity index is 0.00000484. The van der Waals surface area contributed by atoms with Gasteiger partial charge in [0.2, 0.25) is 0 Å². The number of halogens is 4. The van der Waals surface area contributed by atoms with Crippen molar-refractivity contribution >= 4 is 29.9 Å². The van der Waals surface area contributed by atoms with E-state index in [2.05, 4.69) is 20.5 Å². The molecule has 0 bridgehead atoms. The number of aliphatic imine (C=N–C) groups is 1. The van der Waals surface area contributed by atoms with E-state index in [1.807, 2.05) is 21.0 Å². The molecule has 0 aromatic heterocycles. The van der Waals surface area contributed by atoms with Crippen LogP contribution in [0.4, 0.5) is 13.2 Å². The Labute approximate surface area is 153 Å². The Kier molecular flexibility index (Phi) is 10.4. The van der Waals surface area contributed by atoms with Gasteiger partial charge >= 0.3 is 6.18 Å². The summed E-state index contributed by atoms with van der Waals surface area (Å²) in [5, 5.41) is 5.73. The van der Waals surface area contributed by atoms with Crippen LogP contribution in [0.15, 0.2) is 4.99 Å². The average Bonchev–Trinajstić information content (AvgIpc) is 2.44. The Morgan fingerprint density at radius 1 is 1.22 bits per heavy atom. The molecule has 0 atom stereocenters. The summed E-state index contributed by atoms with van der Waals surface area (Å²) in [5.74, 6) is 0.430. The Bertz CT molecular complexity index is 358. The predicted molar refractivity (Wildman–Crippen MR) is 96.5 cm³/mol. The maximum absolute atomic E-state index is 12.2. The van der Waals surface area contributed by atoms with Crippen molar-refractivity contribution in [3.63, 3.8) is 0 Å². The van der Waals surface area contributed by atoms with Crippen molar-refractivity contribution in [2.75, 3.05) is 46.9 Å². The largest absolute Gasteiger partial charge is 0.390 e. The van der Waals surface area contributed by atoms with E-state index in [4.69, 9.17) is 4.74 Å². The number of nitrogens with zero attached hydrogens (tertiary/aromatic N) is 2. The van der Waals surface area contributed by atoms with Crippen LogP contribution in [0, 0.1) is 0 Å². The number of guanidine groups is 1. The second-order valence-corrected chi connectivity index (χ2v) is 5.72. The summed E-state index contributed by atoms with van der Waals surface area (Å²) in [6, 6.07) is 0. The number of hydrogen-bond donors (Lipinski definition) is 2. The first kappa shape index (κ1) is 22.7. The van der Waals surface area contributed by atoms with E-state index in [0.717, 1.165) is 12.8 Å². The fourth-order valence-electron chi connectivity index (χ4n) is 2.39. The normalized spacial score (nSPS) is 18.5. The Hall–Kier alpha value is -0.290. The molecule has 0 aromatic rings. The van der Waals surface area contributed by atoms with E-state index < -0.39 is 12.6 Å². The van der Waals surface area contributed by atoms with Crippen molar-refractivity contribution in [1.82, 2.24) is 15.5 Å². The van der Waals surface area contributed by atoms with Gasteiger partial charge in [0.15, 0.2) is 5.96 Å². The predicted octanol–water partition coefficient (Wildman–Crippen LogP) is 2.22. The third kappa shape index (κ3) is 8.39. The van der Waals surface area contributed by atoms with Crippen LogP contribution in [-0.2, 0) is 4.74 Å². The number of rotatable bonds is 6. The highest BCUT2D eigenvalue weighted by atomic mass is 127. The zero-order valence-corrected chi connectivity index (χ0v) is 16.3. The van der Waals surface area contributed by atoms with Gasteiger partial charge in [0.05, 0.1) is 13.0 Å². The summed E-state index contributed by atoms with van der Waals surface area (Å²) in [5.41, 5.74) is -0.0926. The molecule has 0 aromatic carbocycles. The number of ether oxygens (including phenoxy) is 1. The van der Waals surface area contributed by atoms with Gasteiger partial charge in [0.25, 0.3) is 0 Å². The van der Waals surface area contributed by atoms with Gasteiger partial charge in [-0.15, -0.1) is 24.0 Å². The molecular weight excluding hydrogens is 424 g/mol. The molecule has 1 aliphatic rings. The maximum atomic E-state index is 12.2. The quantitative estimate of drug-likeness (QED) is 0.369. The summed E-state index contributed by atoms with van der Waals surface area (Å²) >= 11 is 0. The average molecular weight is 452 g/mol. The van der Waals surface area contributed by atoms with E-state index in [1.165, 1.54) is 0 Å². The fourth-order valence-corrected chi connectivity index (χ4v) is 2.39. The number of hydrogen-bond acceptors (Lipinski definition) is 3. The van der Waals surface area contributed by atoms with Crippen LogP contribution < -0.4 is 10.6 Å². The molecule has 0 unspecified atom stereocenters. The second-order valence-electron chi connectivity index (χ2n) is 5.72. The Morgan fingerprint density at radius 3 is 2.30 bits per heavy atom. The molecule has 0 saturated carbocycles. The van der Waals surface area contributed by atoms with Crippen LogP contribution in [0.2, 0.25) is 0 Å². The minimum Gasteiger partial charge on any atom is -0.381 e. The summed E-state index contributed by atoms with van der Waals surface area (Å²) in [7, 11) is 4.01. The van der Waals surface area contributed by atoms with E-state index in [0.29, 0.717) is 32.3 Å². The van der Waals surface area contributed by atoms with Crippen molar-refractivity contribution in [1.29, 1.82) is 0 Å². The van der Waals surface area contributed by atoms with Gasteiger partial charge < -0.3 is 20.3 Å². The molecule has 138 valence electrons. The first-order valence-electron chi connectivity index (χ1n) is 7.63. The summed E-state index contributed by atoms with van der Waals surface area (Å²) in [4.78, 5) is 6.62. The van der Waals surface area contributed by atoms with Gasteiger partial charge in [-0.3, -0.25) is 4.99 Å². The molecule has 9 heteroatoms. The van der Waals surface area contributed by atoms with Crippen molar-refractivity contribution in [3.05, 3.63) is 0 Å².